The third-order valence-corrected chi connectivity index (χ3v) is 3.49. The summed E-state index contributed by atoms with van der Waals surface area (Å²) in [5.41, 5.74) is 1.16. The van der Waals surface area contributed by atoms with E-state index in [2.05, 4.69) is 11.4 Å². The van der Waals surface area contributed by atoms with E-state index in [0.29, 0.717) is 6.79 Å². The van der Waals surface area contributed by atoms with Crippen molar-refractivity contribution in [3.63, 3.8) is 0 Å². The molecular weight excluding hydrogens is 242 g/mol. The Morgan fingerprint density at radius 3 is 3.11 bits per heavy atom. The van der Waals surface area contributed by atoms with E-state index in [1.165, 1.54) is 12.8 Å². The maximum absolute atomic E-state index is 5.60. The van der Waals surface area contributed by atoms with E-state index in [9.17, 15) is 0 Å². The van der Waals surface area contributed by atoms with Gasteiger partial charge in [0.25, 0.3) is 0 Å². The summed E-state index contributed by atoms with van der Waals surface area (Å²) in [4.78, 5) is 0. The molecule has 1 N–H and O–H groups in total. The molecule has 4 heteroatoms. The molecule has 0 spiro atoms. The van der Waals surface area contributed by atoms with E-state index >= 15 is 0 Å². The molecule has 0 bridgehead atoms. The van der Waals surface area contributed by atoms with Gasteiger partial charge in [0.05, 0.1) is 0 Å². The van der Waals surface area contributed by atoms with Crippen molar-refractivity contribution in [1.82, 2.24) is 5.32 Å². The zero-order valence-electron chi connectivity index (χ0n) is 11.2. The van der Waals surface area contributed by atoms with Crippen LogP contribution in [0, 0.1) is 5.92 Å². The van der Waals surface area contributed by atoms with Crippen LogP contribution in [0.4, 0.5) is 0 Å². The molecule has 1 aromatic rings. The molecule has 0 amide bonds. The van der Waals surface area contributed by atoms with Crippen LogP contribution in [0.5, 0.6) is 11.5 Å². The lowest BCUT2D eigenvalue weighted by Crippen LogP contribution is -2.17. The van der Waals surface area contributed by atoms with E-state index in [0.717, 1.165) is 55.7 Å². The summed E-state index contributed by atoms with van der Waals surface area (Å²) in [5, 5.41) is 3.42. The summed E-state index contributed by atoms with van der Waals surface area (Å²) < 4.78 is 16.4. The van der Waals surface area contributed by atoms with Gasteiger partial charge in [0, 0.05) is 25.3 Å². The number of fused-ring (bicyclic) bond motifs is 1. The van der Waals surface area contributed by atoms with Gasteiger partial charge in [-0.2, -0.15) is 0 Å². The van der Waals surface area contributed by atoms with Crippen molar-refractivity contribution in [3.05, 3.63) is 23.8 Å². The molecule has 1 aromatic carbocycles. The lowest BCUT2D eigenvalue weighted by atomic mass is 10.2. The second kappa shape index (κ2) is 6.26. The highest BCUT2D eigenvalue weighted by Gasteiger charge is 2.20. The maximum Gasteiger partial charge on any atom is 0.231 e. The largest absolute Gasteiger partial charge is 0.454 e. The fraction of sp³-hybridized carbons (Fsp3) is 0.600. The number of hydrogen-bond donors (Lipinski definition) is 1. The SMILES string of the molecule is c1cc(CNCCCOCC2CC2)c2c(c1)OCO2. The third-order valence-electron chi connectivity index (χ3n) is 3.49. The van der Waals surface area contributed by atoms with Crippen LogP contribution < -0.4 is 14.8 Å². The number of nitrogens with one attached hydrogen (secondary N) is 1. The molecule has 104 valence electrons. The van der Waals surface area contributed by atoms with Crippen LogP contribution in [0.1, 0.15) is 24.8 Å². The van der Waals surface area contributed by atoms with Gasteiger partial charge in [-0.05, 0) is 37.8 Å². The molecule has 0 saturated heterocycles. The highest BCUT2D eigenvalue weighted by molar-refractivity contribution is 5.48. The van der Waals surface area contributed by atoms with Gasteiger partial charge in [0.2, 0.25) is 6.79 Å². The molecule has 1 aliphatic carbocycles. The Morgan fingerprint density at radius 1 is 1.26 bits per heavy atom. The van der Waals surface area contributed by atoms with Gasteiger partial charge in [0.15, 0.2) is 11.5 Å². The summed E-state index contributed by atoms with van der Waals surface area (Å²) in [6, 6.07) is 6.02. The van der Waals surface area contributed by atoms with Gasteiger partial charge in [-0.25, -0.2) is 0 Å². The van der Waals surface area contributed by atoms with Crippen LogP contribution in [-0.2, 0) is 11.3 Å². The van der Waals surface area contributed by atoms with E-state index in [-0.39, 0.29) is 0 Å². The van der Waals surface area contributed by atoms with Crippen LogP contribution in [0.25, 0.3) is 0 Å². The average Bonchev–Trinajstić information content (AvgIpc) is 3.12. The minimum Gasteiger partial charge on any atom is -0.454 e. The van der Waals surface area contributed by atoms with Crippen LogP contribution in [0.3, 0.4) is 0 Å². The zero-order chi connectivity index (χ0) is 12.9. The van der Waals surface area contributed by atoms with Gasteiger partial charge < -0.3 is 19.5 Å². The first-order valence-corrected chi connectivity index (χ1v) is 7.09. The summed E-state index contributed by atoms with van der Waals surface area (Å²) in [6.45, 7) is 3.93. The number of hydrogen-bond acceptors (Lipinski definition) is 4. The predicted octanol–water partition coefficient (Wildman–Crippen LogP) is 2.32. The Kier molecular flexibility index (Phi) is 4.20. The molecule has 1 fully saturated rings. The smallest absolute Gasteiger partial charge is 0.231 e. The average molecular weight is 263 g/mol. The molecule has 0 aromatic heterocycles. The summed E-state index contributed by atoms with van der Waals surface area (Å²) in [5.74, 6) is 2.60. The van der Waals surface area contributed by atoms with Gasteiger partial charge >= 0.3 is 0 Å². The molecule has 1 saturated carbocycles. The first-order chi connectivity index (χ1) is 9.43. The Labute approximate surface area is 114 Å². The second-order valence-electron chi connectivity index (χ2n) is 5.20. The first kappa shape index (κ1) is 12.8. The molecule has 2 aliphatic rings. The molecule has 3 rings (SSSR count). The van der Waals surface area contributed by atoms with E-state index in [1.807, 2.05) is 12.1 Å². The van der Waals surface area contributed by atoms with Crippen molar-refractivity contribution in [1.29, 1.82) is 0 Å². The van der Waals surface area contributed by atoms with Crippen LogP contribution >= 0.6 is 0 Å². The van der Waals surface area contributed by atoms with Crippen molar-refractivity contribution in [2.75, 3.05) is 26.6 Å². The summed E-state index contributed by atoms with van der Waals surface area (Å²) >= 11 is 0. The van der Waals surface area contributed by atoms with Crippen LogP contribution in [-0.4, -0.2) is 26.6 Å². The number of benzene rings is 1. The molecular formula is C15H21NO3. The molecule has 0 radical (unpaired) electrons. The fourth-order valence-corrected chi connectivity index (χ4v) is 2.19. The lowest BCUT2D eigenvalue weighted by molar-refractivity contribution is 0.122. The van der Waals surface area contributed by atoms with Gasteiger partial charge in [-0.3, -0.25) is 0 Å². The normalized spacial score (nSPS) is 16.8. The minimum absolute atomic E-state index is 0.335. The lowest BCUT2D eigenvalue weighted by Gasteiger charge is -2.08. The van der Waals surface area contributed by atoms with Crippen molar-refractivity contribution in [3.8, 4) is 11.5 Å². The Hall–Kier alpha value is -1.26. The first-order valence-electron chi connectivity index (χ1n) is 7.09. The second-order valence-corrected chi connectivity index (χ2v) is 5.20. The maximum atomic E-state index is 5.60. The molecule has 4 nitrogen and oxygen atoms in total. The third kappa shape index (κ3) is 3.61. The monoisotopic (exact) mass is 263 g/mol. The zero-order valence-corrected chi connectivity index (χ0v) is 11.2. The van der Waals surface area contributed by atoms with Crippen molar-refractivity contribution < 1.29 is 14.2 Å². The minimum atomic E-state index is 0.335. The Bertz CT molecular complexity index is 418. The summed E-state index contributed by atoms with van der Waals surface area (Å²) in [6.07, 6.45) is 3.78. The molecule has 1 aliphatic heterocycles. The predicted molar refractivity (Wildman–Crippen MR) is 72.4 cm³/mol. The van der Waals surface area contributed by atoms with E-state index < -0.39 is 0 Å². The fourth-order valence-electron chi connectivity index (χ4n) is 2.19. The summed E-state index contributed by atoms with van der Waals surface area (Å²) in [7, 11) is 0. The molecule has 0 unspecified atom stereocenters. The van der Waals surface area contributed by atoms with Gasteiger partial charge in [-0.1, -0.05) is 12.1 Å². The number of para-hydroxylation sites is 1. The van der Waals surface area contributed by atoms with Gasteiger partial charge in [0.1, 0.15) is 0 Å². The quantitative estimate of drug-likeness (QED) is 0.731. The van der Waals surface area contributed by atoms with Gasteiger partial charge in [-0.15, -0.1) is 0 Å². The highest BCUT2D eigenvalue weighted by Crippen LogP contribution is 2.35. The molecule has 0 atom stereocenters. The topological polar surface area (TPSA) is 39.7 Å². The van der Waals surface area contributed by atoms with Crippen molar-refractivity contribution in [2.45, 2.75) is 25.8 Å². The van der Waals surface area contributed by atoms with Crippen LogP contribution in [0.15, 0.2) is 18.2 Å². The Balaban J connectivity index is 1.32. The van der Waals surface area contributed by atoms with E-state index in [1.54, 1.807) is 0 Å². The van der Waals surface area contributed by atoms with Crippen molar-refractivity contribution in [2.24, 2.45) is 5.92 Å². The van der Waals surface area contributed by atoms with Crippen LogP contribution in [0.2, 0.25) is 0 Å². The standard InChI is InChI=1S/C15H21NO3/c1-3-13(15-14(4-1)18-11-19-15)9-16-7-2-8-17-10-12-5-6-12/h1,3-4,12,16H,2,5-11H2. The van der Waals surface area contributed by atoms with E-state index in [4.69, 9.17) is 14.2 Å². The Morgan fingerprint density at radius 2 is 2.21 bits per heavy atom. The van der Waals surface area contributed by atoms with Crippen molar-refractivity contribution >= 4 is 0 Å². The highest BCUT2D eigenvalue weighted by atomic mass is 16.7. The number of ether oxygens (including phenoxy) is 3. The number of rotatable bonds is 8. The molecule has 1 heterocycles. The molecule has 19 heavy (non-hydrogen) atoms.